The molecule has 0 spiro atoms. The number of ether oxygens (including phenoxy) is 1. The molecule has 4 heteroatoms. The van der Waals surface area contributed by atoms with Crippen molar-refractivity contribution in [3.05, 3.63) is 71.4 Å². The van der Waals surface area contributed by atoms with Crippen molar-refractivity contribution in [1.29, 1.82) is 0 Å². The van der Waals surface area contributed by atoms with Crippen LogP contribution in [0, 0.1) is 6.92 Å². The topological polar surface area (TPSA) is 50.4 Å². The van der Waals surface area contributed by atoms with Gasteiger partial charge in [0.05, 0.1) is 7.11 Å². The quantitative estimate of drug-likeness (QED) is 0.858. The first-order valence-corrected chi connectivity index (χ1v) is 7.58. The number of benzene rings is 2. The number of methoxy groups -OCH3 is 1. The Bertz CT molecular complexity index is 681. The molecule has 0 bridgehead atoms. The van der Waals surface area contributed by atoms with Crippen LogP contribution in [0.4, 0.5) is 4.79 Å². The third-order valence-electron chi connectivity index (χ3n) is 3.53. The molecule has 0 saturated carbocycles. The monoisotopic (exact) mass is 310 g/mol. The lowest BCUT2D eigenvalue weighted by Crippen LogP contribution is -2.33. The van der Waals surface area contributed by atoms with Gasteiger partial charge in [-0.25, -0.2) is 4.79 Å². The first-order valence-electron chi connectivity index (χ1n) is 7.58. The maximum absolute atomic E-state index is 11.7. The highest BCUT2D eigenvalue weighted by atomic mass is 16.5. The van der Waals surface area contributed by atoms with E-state index in [2.05, 4.69) is 29.7 Å². The summed E-state index contributed by atoms with van der Waals surface area (Å²) in [5.41, 5.74) is 3.46. The maximum atomic E-state index is 11.7. The number of nitrogens with one attached hydrogen (secondary N) is 2. The van der Waals surface area contributed by atoms with Crippen molar-refractivity contribution in [2.24, 2.45) is 0 Å². The van der Waals surface area contributed by atoms with Crippen LogP contribution >= 0.6 is 0 Å². The Morgan fingerprint density at radius 1 is 1.17 bits per heavy atom. The second-order valence-electron chi connectivity index (χ2n) is 5.19. The molecular weight excluding hydrogens is 288 g/mol. The predicted octanol–water partition coefficient (Wildman–Crippen LogP) is 3.52. The van der Waals surface area contributed by atoms with Crippen LogP contribution in [-0.4, -0.2) is 19.7 Å². The molecule has 4 nitrogen and oxygen atoms in total. The number of hydrogen-bond acceptors (Lipinski definition) is 2. The Morgan fingerprint density at radius 2 is 2.00 bits per heavy atom. The molecule has 0 saturated heterocycles. The van der Waals surface area contributed by atoms with Crippen LogP contribution in [0.15, 0.2) is 54.7 Å². The number of carbonyl (C=O) groups excluding carboxylic acids is 1. The Hall–Kier alpha value is -2.75. The third kappa shape index (κ3) is 5.51. The zero-order valence-corrected chi connectivity index (χ0v) is 13.5. The fourth-order valence-electron chi connectivity index (χ4n) is 2.21. The van der Waals surface area contributed by atoms with Crippen LogP contribution in [0.25, 0.3) is 6.08 Å². The van der Waals surface area contributed by atoms with E-state index in [0.29, 0.717) is 6.54 Å². The van der Waals surface area contributed by atoms with Crippen molar-refractivity contribution in [2.75, 3.05) is 13.7 Å². The number of amides is 2. The zero-order chi connectivity index (χ0) is 16.5. The Labute approximate surface area is 137 Å². The highest BCUT2D eigenvalue weighted by Crippen LogP contribution is 2.13. The normalized spacial score (nSPS) is 10.5. The molecule has 0 aliphatic carbocycles. The summed E-state index contributed by atoms with van der Waals surface area (Å²) in [5, 5.41) is 5.54. The lowest BCUT2D eigenvalue weighted by atomic mass is 10.1. The fraction of sp³-hybridized carbons (Fsp3) is 0.211. The van der Waals surface area contributed by atoms with Gasteiger partial charge in [0.1, 0.15) is 5.75 Å². The summed E-state index contributed by atoms with van der Waals surface area (Å²) in [6.45, 7) is 2.68. The first kappa shape index (κ1) is 16.6. The summed E-state index contributed by atoms with van der Waals surface area (Å²) in [7, 11) is 1.63. The summed E-state index contributed by atoms with van der Waals surface area (Å²) in [5.74, 6) is 0.787. The van der Waals surface area contributed by atoms with Crippen LogP contribution in [0.3, 0.4) is 0 Å². The van der Waals surface area contributed by atoms with Gasteiger partial charge >= 0.3 is 6.03 Å². The molecule has 0 atom stereocenters. The number of urea groups is 1. The van der Waals surface area contributed by atoms with Crippen LogP contribution in [0.5, 0.6) is 5.75 Å². The van der Waals surface area contributed by atoms with Crippen molar-refractivity contribution < 1.29 is 9.53 Å². The number of hydrogen-bond donors (Lipinski definition) is 2. The Kier molecular flexibility index (Phi) is 6.24. The minimum atomic E-state index is -0.210. The molecule has 0 aliphatic heterocycles. The molecular formula is C19H22N2O2. The lowest BCUT2D eigenvalue weighted by molar-refractivity contribution is 0.244. The first-order chi connectivity index (χ1) is 11.2. The molecule has 23 heavy (non-hydrogen) atoms. The molecule has 0 radical (unpaired) electrons. The van der Waals surface area contributed by atoms with Crippen molar-refractivity contribution >= 4 is 12.1 Å². The van der Waals surface area contributed by atoms with Gasteiger partial charge in [-0.2, -0.15) is 0 Å². The average Bonchev–Trinajstić information content (AvgIpc) is 2.57. The van der Waals surface area contributed by atoms with Gasteiger partial charge < -0.3 is 15.4 Å². The second-order valence-corrected chi connectivity index (χ2v) is 5.19. The van der Waals surface area contributed by atoms with Gasteiger partial charge in [0.2, 0.25) is 0 Å². The van der Waals surface area contributed by atoms with Gasteiger partial charge in [0.15, 0.2) is 0 Å². The van der Waals surface area contributed by atoms with E-state index in [1.54, 1.807) is 13.3 Å². The van der Waals surface area contributed by atoms with E-state index >= 15 is 0 Å². The second kappa shape index (κ2) is 8.63. The highest BCUT2D eigenvalue weighted by Gasteiger charge is 1.99. The van der Waals surface area contributed by atoms with Gasteiger partial charge in [-0.3, -0.25) is 0 Å². The number of rotatable bonds is 6. The number of carbonyl (C=O) groups is 1. The molecule has 0 aromatic heterocycles. The molecule has 2 aromatic rings. The van der Waals surface area contributed by atoms with E-state index in [9.17, 15) is 4.79 Å². The van der Waals surface area contributed by atoms with E-state index in [1.807, 2.05) is 42.5 Å². The maximum Gasteiger partial charge on any atom is 0.318 e. The molecule has 0 fully saturated rings. The SMILES string of the molecule is COc1cccc(/C=C/NC(=O)NCCc2ccccc2C)c1. The standard InChI is InChI=1S/C19H22N2O2/c1-15-6-3-4-8-17(15)11-13-21-19(22)20-12-10-16-7-5-9-18(14-16)23-2/h3-10,12,14H,11,13H2,1-2H3,(H2,20,21,22)/b12-10+. The van der Waals surface area contributed by atoms with Gasteiger partial charge in [0, 0.05) is 12.7 Å². The van der Waals surface area contributed by atoms with Gasteiger partial charge in [-0.15, -0.1) is 0 Å². The van der Waals surface area contributed by atoms with E-state index in [4.69, 9.17) is 4.74 Å². The summed E-state index contributed by atoms with van der Waals surface area (Å²) in [6.07, 6.45) is 4.26. The van der Waals surface area contributed by atoms with Crippen molar-refractivity contribution in [3.63, 3.8) is 0 Å². The largest absolute Gasteiger partial charge is 0.497 e. The fourth-order valence-corrected chi connectivity index (χ4v) is 2.21. The van der Waals surface area contributed by atoms with Crippen LogP contribution in [-0.2, 0) is 6.42 Å². The van der Waals surface area contributed by atoms with E-state index in [1.165, 1.54) is 11.1 Å². The summed E-state index contributed by atoms with van der Waals surface area (Å²) in [6, 6.07) is 15.6. The van der Waals surface area contributed by atoms with Gasteiger partial charge in [-0.05, 0) is 48.2 Å². The van der Waals surface area contributed by atoms with E-state index in [-0.39, 0.29) is 6.03 Å². The average molecular weight is 310 g/mol. The van der Waals surface area contributed by atoms with Gasteiger partial charge in [0.25, 0.3) is 0 Å². The van der Waals surface area contributed by atoms with Crippen molar-refractivity contribution in [1.82, 2.24) is 10.6 Å². The predicted molar refractivity (Wildman–Crippen MR) is 93.4 cm³/mol. The van der Waals surface area contributed by atoms with E-state index in [0.717, 1.165) is 17.7 Å². The molecule has 120 valence electrons. The number of aryl methyl sites for hydroxylation is 1. The Balaban J connectivity index is 1.74. The van der Waals surface area contributed by atoms with Crippen molar-refractivity contribution in [3.8, 4) is 5.75 Å². The van der Waals surface area contributed by atoms with Crippen LogP contribution < -0.4 is 15.4 Å². The molecule has 2 amide bonds. The zero-order valence-electron chi connectivity index (χ0n) is 13.5. The minimum absolute atomic E-state index is 0.210. The van der Waals surface area contributed by atoms with Crippen molar-refractivity contribution in [2.45, 2.75) is 13.3 Å². The van der Waals surface area contributed by atoms with Crippen LogP contribution in [0.1, 0.15) is 16.7 Å². The summed E-state index contributed by atoms with van der Waals surface area (Å²) < 4.78 is 5.15. The molecule has 0 aliphatic rings. The van der Waals surface area contributed by atoms with Crippen LogP contribution in [0.2, 0.25) is 0 Å². The molecule has 0 unspecified atom stereocenters. The third-order valence-corrected chi connectivity index (χ3v) is 3.53. The lowest BCUT2D eigenvalue weighted by Gasteiger charge is -2.07. The highest BCUT2D eigenvalue weighted by molar-refractivity contribution is 5.75. The molecule has 2 aromatic carbocycles. The van der Waals surface area contributed by atoms with Gasteiger partial charge in [-0.1, -0.05) is 36.4 Å². The molecule has 2 N–H and O–H groups in total. The molecule has 0 heterocycles. The summed E-state index contributed by atoms with van der Waals surface area (Å²) >= 11 is 0. The Morgan fingerprint density at radius 3 is 2.78 bits per heavy atom. The smallest absolute Gasteiger partial charge is 0.318 e. The van der Waals surface area contributed by atoms with E-state index < -0.39 is 0 Å². The minimum Gasteiger partial charge on any atom is -0.497 e. The summed E-state index contributed by atoms with van der Waals surface area (Å²) in [4.78, 5) is 11.7. The molecule has 2 rings (SSSR count).